The average molecular weight is 292 g/mol. The molecule has 0 unspecified atom stereocenters. The largest absolute Gasteiger partial charge is 0.361 e. The van der Waals surface area contributed by atoms with Crippen LogP contribution in [-0.2, 0) is 6.42 Å². The van der Waals surface area contributed by atoms with E-state index in [0.29, 0.717) is 5.78 Å². The summed E-state index contributed by atoms with van der Waals surface area (Å²) >= 11 is 0. The Balaban J connectivity index is 1.77. The summed E-state index contributed by atoms with van der Waals surface area (Å²) < 4.78 is 1.72. The van der Waals surface area contributed by atoms with E-state index in [2.05, 4.69) is 50.5 Å². The van der Waals surface area contributed by atoms with Gasteiger partial charge in [0.1, 0.15) is 12.1 Å². The number of nitrogens with one attached hydrogen (secondary N) is 2. The molecule has 0 radical (unpaired) electrons. The molecule has 4 rings (SSSR count). The van der Waals surface area contributed by atoms with Crippen LogP contribution in [0.3, 0.4) is 0 Å². The van der Waals surface area contributed by atoms with Gasteiger partial charge in [-0.15, -0.1) is 0 Å². The fraction of sp³-hybridized carbons (Fsp3) is 0.188. The zero-order valence-electron chi connectivity index (χ0n) is 12.2. The Morgan fingerprint density at radius 3 is 3.09 bits per heavy atom. The van der Waals surface area contributed by atoms with Gasteiger partial charge < -0.3 is 10.3 Å². The number of fused-ring (bicyclic) bond motifs is 2. The molecule has 22 heavy (non-hydrogen) atoms. The molecule has 0 aliphatic carbocycles. The minimum atomic E-state index is 0.621. The van der Waals surface area contributed by atoms with Gasteiger partial charge in [-0.25, -0.2) is 4.98 Å². The van der Waals surface area contributed by atoms with Crippen LogP contribution in [-0.4, -0.2) is 24.6 Å². The van der Waals surface area contributed by atoms with E-state index in [4.69, 9.17) is 0 Å². The quantitative estimate of drug-likeness (QED) is 0.605. The highest BCUT2D eigenvalue weighted by Gasteiger charge is 2.08. The van der Waals surface area contributed by atoms with E-state index in [9.17, 15) is 0 Å². The Kier molecular flexibility index (Phi) is 3.00. The summed E-state index contributed by atoms with van der Waals surface area (Å²) in [6.07, 6.45) is 5.44. The Morgan fingerprint density at radius 2 is 2.18 bits per heavy atom. The van der Waals surface area contributed by atoms with Crippen molar-refractivity contribution < 1.29 is 0 Å². The normalized spacial score (nSPS) is 11.3. The van der Waals surface area contributed by atoms with E-state index in [0.717, 1.165) is 35.6 Å². The maximum absolute atomic E-state index is 4.51. The van der Waals surface area contributed by atoms with Gasteiger partial charge in [-0.3, -0.25) is 0 Å². The highest BCUT2D eigenvalue weighted by atomic mass is 15.3. The Bertz CT molecular complexity index is 936. The van der Waals surface area contributed by atoms with Crippen molar-refractivity contribution in [3.8, 4) is 0 Å². The highest BCUT2D eigenvalue weighted by molar-refractivity contribution is 5.83. The first kappa shape index (κ1) is 12.8. The third-order valence-electron chi connectivity index (χ3n) is 3.64. The molecule has 0 atom stereocenters. The number of hydrogen-bond donors (Lipinski definition) is 2. The monoisotopic (exact) mass is 292 g/mol. The van der Waals surface area contributed by atoms with Crippen molar-refractivity contribution in [2.24, 2.45) is 0 Å². The van der Waals surface area contributed by atoms with E-state index >= 15 is 0 Å². The van der Waals surface area contributed by atoms with Gasteiger partial charge in [0.05, 0.1) is 0 Å². The maximum atomic E-state index is 4.51. The molecule has 0 fully saturated rings. The molecule has 2 N–H and O–H groups in total. The molecule has 0 saturated heterocycles. The second kappa shape index (κ2) is 5.14. The molecule has 0 saturated carbocycles. The van der Waals surface area contributed by atoms with Crippen molar-refractivity contribution in [3.05, 3.63) is 48.5 Å². The van der Waals surface area contributed by atoms with Gasteiger partial charge >= 0.3 is 0 Å². The lowest BCUT2D eigenvalue weighted by Gasteiger charge is -2.10. The van der Waals surface area contributed by atoms with Gasteiger partial charge in [-0.1, -0.05) is 13.3 Å². The highest BCUT2D eigenvalue weighted by Crippen LogP contribution is 2.22. The number of benzene rings is 1. The Hall–Kier alpha value is -2.89. The molecule has 0 spiro atoms. The Morgan fingerprint density at radius 1 is 1.23 bits per heavy atom. The van der Waals surface area contributed by atoms with Crippen LogP contribution in [0.25, 0.3) is 16.7 Å². The van der Waals surface area contributed by atoms with Gasteiger partial charge in [0.2, 0.25) is 0 Å². The van der Waals surface area contributed by atoms with E-state index in [1.54, 1.807) is 4.52 Å². The van der Waals surface area contributed by atoms with Crippen molar-refractivity contribution in [2.75, 3.05) is 5.32 Å². The summed E-state index contributed by atoms with van der Waals surface area (Å²) in [6.45, 7) is 2.14. The lowest BCUT2D eigenvalue weighted by Crippen LogP contribution is -2.04. The second-order valence-corrected chi connectivity index (χ2v) is 5.26. The van der Waals surface area contributed by atoms with Gasteiger partial charge in [0.25, 0.3) is 5.78 Å². The fourth-order valence-corrected chi connectivity index (χ4v) is 2.61. The number of aromatic nitrogens is 5. The zero-order valence-corrected chi connectivity index (χ0v) is 12.2. The van der Waals surface area contributed by atoms with Crippen molar-refractivity contribution in [1.82, 2.24) is 24.6 Å². The molecule has 0 aliphatic heterocycles. The number of rotatable bonds is 4. The van der Waals surface area contributed by atoms with Crippen molar-refractivity contribution in [2.45, 2.75) is 19.8 Å². The van der Waals surface area contributed by atoms with Crippen LogP contribution in [0.1, 0.15) is 19.0 Å². The molecule has 6 heteroatoms. The molecule has 110 valence electrons. The summed E-state index contributed by atoms with van der Waals surface area (Å²) in [5.74, 6) is 1.50. The van der Waals surface area contributed by atoms with Crippen LogP contribution in [0.5, 0.6) is 0 Å². The Labute approximate surface area is 127 Å². The minimum Gasteiger partial charge on any atom is -0.361 e. The van der Waals surface area contributed by atoms with Gasteiger partial charge in [0, 0.05) is 34.5 Å². The molecule has 0 amide bonds. The number of H-pyrrole nitrogens is 1. The topological polar surface area (TPSA) is 70.9 Å². The van der Waals surface area contributed by atoms with Crippen LogP contribution in [0.4, 0.5) is 11.5 Å². The molecule has 6 nitrogen and oxygen atoms in total. The van der Waals surface area contributed by atoms with Gasteiger partial charge in [0.15, 0.2) is 0 Å². The summed E-state index contributed by atoms with van der Waals surface area (Å²) in [5, 5.41) is 8.83. The minimum absolute atomic E-state index is 0.621. The molecule has 1 aromatic carbocycles. The first-order valence-electron chi connectivity index (χ1n) is 7.37. The first-order valence-corrected chi connectivity index (χ1v) is 7.37. The molecule has 3 heterocycles. The molecule has 0 aliphatic rings. The lowest BCUT2D eigenvalue weighted by molar-refractivity contribution is 0.860. The molecule has 3 aromatic heterocycles. The summed E-state index contributed by atoms with van der Waals surface area (Å²) in [6, 6.07) is 10.3. The molecule has 4 aromatic rings. The smallest absolute Gasteiger partial charge is 0.254 e. The average Bonchev–Trinajstić information content (AvgIpc) is 3.15. The summed E-state index contributed by atoms with van der Waals surface area (Å²) in [4.78, 5) is 11.9. The SMILES string of the molecule is CCCc1cc(Nc2ccc3[nH]ccc3c2)n2ncnc2n1. The zero-order chi connectivity index (χ0) is 14.9. The van der Waals surface area contributed by atoms with E-state index in [-0.39, 0.29) is 0 Å². The lowest BCUT2D eigenvalue weighted by atomic mass is 10.2. The predicted octanol–water partition coefficient (Wildman–Crippen LogP) is 3.30. The number of anilines is 2. The fourth-order valence-electron chi connectivity index (χ4n) is 2.61. The van der Waals surface area contributed by atoms with Crippen molar-refractivity contribution in [1.29, 1.82) is 0 Å². The standard InChI is InChI=1S/C16H16N6/c1-2-3-12-9-15(22-16(21-12)18-10-19-22)20-13-4-5-14-11(8-13)6-7-17-14/h4-10,17,20H,2-3H2,1H3. The van der Waals surface area contributed by atoms with Crippen LogP contribution >= 0.6 is 0 Å². The van der Waals surface area contributed by atoms with E-state index in [1.165, 1.54) is 11.7 Å². The maximum Gasteiger partial charge on any atom is 0.254 e. The summed E-state index contributed by atoms with van der Waals surface area (Å²) in [7, 11) is 0. The first-order chi connectivity index (χ1) is 10.8. The summed E-state index contributed by atoms with van der Waals surface area (Å²) in [5.41, 5.74) is 3.16. The second-order valence-electron chi connectivity index (χ2n) is 5.26. The number of nitrogens with zero attached hydrogens (tertiary/aromatic N) is 4. The molecular formula is C16H16N6. The van der Waals surface area contributed by atoms with Crippen molar-refractivity contribution in [3.63, 3.8) is 0 Å². The van der Waals surface area contributed by atoms with Crippen LogP contribution in [0.15, 0.2) is 42.9 Å². The third kappa shape index (κ3) is 2.18. The van der Waals surface area contributed by atoms with Crippen LogP contribution in [0, 0.1) is 0 Å². The van der Waals surface area contributed by atoms with Gasteiger partial charge in [-0.2, -0.15) is 14.6 Å². The van der Waals surface area contributed by atoms with Crippen molar-refractivity contribution >= 4 is 28.2 Å². The third-order valence-corrected chi connectivity index (χ3v) is 3.64. The molecule has 0 bridgehead atoms. The van der Waals surface area contributed by atoms with E-state index in [1.807, 2.05) is 18.3 Å². The van der Waals surface area contributed by atoms with Crippen LogP contribution < -0.4 is 5.32 Å². The number of aryl methyl sites for hydroxylation is 1. The molecular weight excluding hydrogens is 276 g/mol. The van der Waals surface area contributed by atoms with Gasteiger partial charge in [-0.05, 0) is 30.7 Å². The van der Waals surface area contributed by atoms with Crippen LogP contribution in [0.2, 0.25) is 0 Å². The number of aromatic amines is 1. The van der Waals surface area contributed by atoms with E-state index < -0.39 is 0 Å². The predicted molar refractivity (Wildman–Crippen MR) is 86.4 cm³/mol. The number of hydrogen-bond acceptors (Lipinski definition) is 4.